The van der Waals surface area contributed by atoms with E-state index in [0.29, 0.717) is 11.3 Å². The molecule has 4 aromatic heterocycles. The molecule has 3 N–H and O–H groups in total. The lowest BCUT2D eigenvalue weighted by Gasteiger charge is -2.15. The van der Waals surface area contributed by atoms with Gasteiger partial charge in [0, 0.05) is 24.0 Å². The highest BCUT2D eigenvalue weighted by molar-refractivity contribution is 5.86. The SMILES string of the molecule is CC(C)(F)CNc1nc(N)c2c(-c3ccn4nccc4n3)ccn2n1. The average Bonchev–Trinajstić information content (AvgIpc) is 3.18. The molecule has 9 heteroatoms. The van der Waals surface area contributed by atoms with Crippen LogP contribution in [-0.4, -0.2) is 41.4 Å². The minimum atomic E-state index is -1.38. The number of nitrogens with zero attached hydrogens (tertiary/aromatic N) is 6. The van der Waals surface area contributed by atoms with E-state index in [0.717, 1.165) is 16.9 Å². The first kappa shape index (κ1) is 15.3. The van der Waals surface area contributed by atoms with E-state index in [4.69, 9.17) is 5.73 Å². The van der Waals surface area contributed by atoms with Crippen molar-refractivity contribution in [2.75, 3.05) is 17.6 Å². The molecule has 4 aromatic rings. The lowest BCUT2D eigenvalue weighted by Crippen LogP contribution is -2.25. The maximum Gasteiger partial charge on any atom is 0.243 e. The van der Waals surface area contributed by atoms with Crippen LogP contribution in [-0.2, 0) is 0 Å². The van der Waals surface area contributed by atoms with Crippen LogP contribution in [0, 0.1) is 0 Å². The Kier molecular flexibility index (Phi) is 3.31. The van der Waals surface area contributed by atoms with Gasteiger partial charge in [0.05, 0.1) is 18.4 Å². The summed E-state index contributed by atoms with van der Waals surface area (Å²) in [6.45, 7) is 3.05. The number of hydrogen-bond donors (Lipinski definition) is 2. The highest BCUT2D eigenvalue weighted by atomic mass is 19.1. The van der Waals surface area contributed by atoms with E-state index >= 15 is 0 Å². The monoisotopic (exact) mass is 340 g/mol. The van der Waals surface area contributed by atoms with Gasteiger partial charge < -0.3 is 11.1 Å². The van der Waals surface area contributed by atoms with Gasteiger partial charge in [-0.1, -0.05) is 0 Å². The van der Waals surface area contributed by atoms with Gasteiger partial charge in [-0.3, -0.25) is 0 Å². The number of anilines is 2. The Morgan fingerprint density at radius 1 is 1.16 bits per heavy atom. The topological polar surface area (TPSA) is 98.4 Å². The highest BCUT2D eigenvalue weighted by Gasteiger charge is 2.17. The normalized spacial score (nSPS) is 12.1. The summed E-state index contributed by atoms with van der Waals surface area (Å²) in [4.78, 5) is 8.81. The van der Waals surface area contributed by atoms with Gasteiger partial charge in [-0.15, -0.1) is 5.10 Å². The second kappa shape index (κ2) is 5.40. The minimum Gasteiger partial charge on any atom is -0.382 e. The molecule has 0 spiro atoms. The zero-order valence-corrected chi connectivity index (χ0v) is 13.8. The molecule has 0 atom stereocenters. The van der Waals surface area contributed by atoms with Crippen LogP contribution in [0.3, 0.4) is 0 Å². The Morgan fingerprint density at radius 2 is 1.96 bits per heavy atom. The summed E-state index contributed by atoms with van der Waals surface area (Å²) in [5, 5.41) is 11.3. The van der Waals surface area contributed by atoms with Crippen molar-refractivity contribution in [1.82, 2.24) is 29.2 Å². The van der Waals surface area contributed by atoms with Crippen LogP contribution in [0.2, 0.25) is 0 Å². The number of nitrogen functional groups attached to an aromatic ring is 1. The van der Waals surface area contributed by atoms with Gasteiger partial charge in [-0.25, -0.2) is 18.4 Å². The summed E-state index contributed by atoms with van der Waals surface area (Å²) in [5.41, 5.74) is 7.70. The first-order chi connectivity index (χ1) is 11.9. The molecule has 0 radical (unpaired) electrons. The van der Waals surface area contributed by atoms with E-state index in [-0.39, 0.29) is 12.5 Å². The van der Waals surface area contributed by atoms with Crippen molar-refractivity contribution in [1.29, 1.82) is 0 Å². The molecule has 128 valence electrons. The van der Waals surface area contributed by atoms with Gasteiger partial charge in [0.2, 0.25) is 5.95 Å². The molecule has 25 heavy (non-hydrogen) atoms. The molecule has 0 saturated carbocycles. The molecule has 0 aliphatic rings. The van der Waals surface area contributed by atoms with Gasteiger partial charge in [0.15, 0.2) is 11.5 Å². The summed E-state index contributed by atoms with van der Waals surface area (Å²) >= 11 is 0. The van der Waals surface area contributed by atoms with Gasteiger partial charge in [0.25, 0.3) is 0 Å². The van der Waals surface area contributed by atoms with Crippen molar-refractivity contribution in [2.45, 2.75) is 19.5 Å². The standard InChI is InChI=1S/C16H17FN8/c1-16(2,17)9-19-15-22-14(18)13-10(4-7-25(13)23-15)11-5-8-24-12(21-11)3-6-20-24/h3-8H,9H2,1-2H3,(H3,18,19,22,23). The van der Waals surface area contributed by atoms with Crippen molar-refractivity contribution in [3.8, 4) is 11.3 Å². The zero-order chi connectivity index (χ0) is 17.6. The fraction of sp³-hybridized carbons (Fsp3) is 0.250. The number of aromatic nitrogens is 6. The van der Waals surface area contributed by atoms with Crippen molar-refractivity contribution in [2.24, 2.45) is 0 Å². The van der Waals surface area contributed by atoms with Crippen molar-refractivity contribution in [3.05, 3.63) is 36.8 Å². The first-order valence-electron chi connectivity index (χ1n) is 7.79. The van der Waals surface area contributed by atoms with Crippen LogP contribution in [0.4, 0.5) is 16.2 Å². The van der Waals surface area contributed by atoms with E-state index in [9.17, 15) is 4.39 Å². The highest BCUT2D eigenvalue weighted by Crippen LogP contribution is 2.27. The van der Waals surface area contributed by atoms with Crippen LogP contribution in [0.5, 0.6) is 0 Å². The number of hydrogen-bond acceptors (Lipinski definition) is 6. The second-order valence-corrected chi connectivity index (χ2v) is 6.36. The smallest absolute Gasteiger partial charge is 0.243 e. The molecule has 8 nitrogen and oxygen atoms in total. The van der Waals surface area contributed by atoms with Crippen LogP contribution >= 0.6 is 0 Å². The molecule has 0 saturated heterocycles. The molecular weight excluding hydrogens is 323 g/mol. The van der Waals surface area contributed by atoms with E-state index in [1.165, 1.54) is 13.8 Å². The van der Waals surface area contributed by atoms with Crippen molar-refractivity contribution >= 4 is 22.9 Å². The molecule has 0 amide bonds. The number of fused-ring (bicyclic) bond motifs is 2. The molecule has 0 aromatic carbocycles. The maximum atomic E-state index is 13.6. The lowest BCUT2D eigenvalue weighted by atomic mass is 10.2. The average molecular weight is 340 g/mol. The Labute approximate surface area is 142 Å². The van der Waals surface area contributed by atoms with Crippen LogP contribution in [0.25, 0.3) is 22.4 Å². The minimum absolute atomic E-state index is 0.0888. The first-order valence-corrected chi connectivity index (χ1v) is 7.79. The summed E-state index contributed by atoms with van der Waals surface area (Å²) in [6, 6.07) is 5.55. The third-order valence-electron chi connectivity index (χ3n) is 3.74. The Morgan fingerprint density at radius 3 is 2.76 bits per heavy atom. The fourth-order valence-electron chi connectivity index (χ4n) is 2.59. The van der Waals surface area contributed by atoms with Gasteiger partial charge in [-0.2, -0.15) is 10.1 Å². The quantitative estimate of drug-likeness (QED) is 0.591. The van der Waals surface area contributed by atoms with E-state index in [2.05, 4.69) is 25.5 Å². The van der Waals surface area contributed by atoms with E-state index in [1.807, 2.05) is 24.4 Å². The Balaban J connectivity index is 1.76. The fourth-order valence-corrected chi connectivity index (χ4v) is 2.59. The Hall–Kier alpha value is -3.23. The summed E-state index contributed by atoms with van der Waals surface area (Å²) < 4.78 is 16.9. The maximum absolute atomic E-state index is 13.6. The van der Waals surface area contributed by atoms with Crippen LogP contribution in [0.15, 0.2) is 36.8 Å². The predicted octanol–water partition coefficient (Wildman–Crippen LogP) is 2.18. The summed E-state index contributed by atoms with van der Waals surface area (Å²) in [7, 11) is 0. The number of nitrogens with two attached hydrogens (primary N) is 1. The predicted molar refractivity (Wildman–Crippen MR) is 93.1 cm³/mol. The number of halogens is 1. The number of alkyl halides is 1. The van der Waals surface area contributed by atoms with Crippen molar-refractivity contribution < 1.29 is 4.39 Å². The largest absolute Gasteiger partial charge is 0.382 e. The van der Waals surface area contributed by atoms with E-state index < -0.39 is 5.67 Å². The Bertz CT molecular complexity index is 1060. The molecule has 0 aliphatic carbocycles. The second-order valence-electron chi connectivity index (χ2n) is 6.36. The summed E-state index contributed by atoms with van der Waals surface area (Å²) in [6.07, 6.45) is 5.29. The van der Waals surface area contributed by atoms with Crippen LogP contribution < -0.4 is 11.1 Å². The number of nitrogens with one attached hydrogen (secondary N) is 1. The molecule has 4 rings (SSSR count). The van der Waals surface area contributed by atoms with Crippen molar-refractivity contribution in [3.63, 3.8) is 0 Å². The lowest BCUT2D eigenvalue weighted by molar-refractivity contribution is 0.234. The van der Waals surface area contributed by atoms with E-state index in [1.54, 1.807) is 21.4 Å². The number of rotatable bonds is 4. The molecular formula is C16H17FN8. The molecule has 0 aliphatic heterocycles. The van der Waals surface area contributed by atoms with Gasteiger partial charge >= 0.3 is 0 Å². The third kappa shape index (κ3) is 2.84. The molecule has 0 fully saturated rings. The van der Waals surface area contributed by atoms with Gasteiger partial charge in [0.1, 0.15) is 11.2 Å². The molecule has 4 heterocycles. The molecule has 0 bridgehead atoms. The summed E-state index contributed by atoms with van der Waals surface area (Å²) in [5.74, 6) is 0.571. The van der Waals surface area contributed by atoms with Gasteiger partial charge in [-0.05, 0) is 26.0 Å². The zero-order valence-electron chi connectivity index (χ0n) is 13.8. The van der Waals surface area contributed by atoms with Crippen LogP contribution in [0.1, 0.15) is 13.8 Å². The molecule has 0 unspecified atom stereocenters. The third-order valence-corrected chi connectivity index (χ3v) is 3.74.